The van der Waals surface area contributed by atoms with E-state index in [1.54, 1.807) is 6.07 Å². The molecule has 0 spiro atoms. The fourth-order valence-electron chi connectivity index (χ4n) is 0.544. The van der Waals surface area contributed by atoms with Gasteiger partial charge in [0.05, 0.1) is 0 Å². The Bertz CT molecular complexity index is 207. The predicted octanol–water partition coefficient (Wildman–Crippen LogP) is 1.63. The molecular weight excluding hydrogens is 139 g/mol. The van der Waals surface area contributed by atoms with E-state index in [2.05, 4.69) is 0 Å². The zero-order valence-electron chi connectivity index (χ0n) is 4.63. The molecule has 0 aromatic carbocycles. The molecule has 0 aliphatic carbocycles. The Morgan fingerprint density at radius 3 is 2.89 bits per heavy atom. The Balaban J connectivity index is 2.72. The first-order chi connectivity index (χ1) is 4.33. The second-order valence-corrected chi connectivity index (χ2v) is 2.70. The van der Waals surface area contributed by atoms with Gasteiger partial charge in [-0.1, -0.05) is 0 Å². The van der Waals surface area contributed by atoms with Crippen LogP contribution in [-0.4, -0.2) is 6.29 Å². The van der Waals surface area contributed by atoms with Crippen molar-refractivity contribution in [3.8, 4) is 0 Å². The first-order valence-corrected chi connectivity index (χ1v) is 3.32. The smallest absolute Gasteiger partial charge is 0.176 e. The van der Waals surface area contributed by atoms with Crippen molar-refractivity contribution in [2.45, 2.75) is 6.42 Å². The Morgan fingerprint density at radius 1 is 1.67 bits per heavy atom. The molecule has 0 aliphatic heterocycles. The molecule has 1 rings (SSSR count). The van der Waals surface area contributed by atoms with E-state index in [-0.39, 0.29) is 5.13 Å². The van der Waals surface area contributed by atoms with Crippen LogP contribution in [0.4, 0.5) is 4.39 Å². The molecule has 0 radical (unpaired) electrons. The topological polar surface area (TPSA) is 17.1 Å². The zero-order chi connectivity index (χ0) is 6.69. The summed E-state index contributed by atoms with van der Waals surface area (Å²) in [5.74, 6) is 0. The number of hydrogen-bond acceptors (Lipinski definition) is 2. The predicted molar refractivity (Wildman–Crippen MR) is 34.0 cm³/mol. The number of aldehydes is 1. The van der Waals surface area contributed by atoms with Gasteiger partial charge >= 0.3 is 0 Å². The lowest BCUT2D eigenvalue weighted by Crippen LogP contribution is -1.76. The Morgan fingerprint density at radius 2 is 2.44 bits per heavy atom. The van der Waals surface area contributed by atoms with Crippen LogP contribution in [0.15, 0.2) is 12.1 Å². The van der Waals surface area contributed by atoms with Crippen molar-refractivity contribution in [1.29, 1.82) is 0 Å². The molecule has 0 bridgehead atoms. The minimum atomic E-state index is -0.230. The molecule has 0 saturated heterocycles. The SMILES string of the molecule is O=CCc1ccc(F)s1. The standard InChI is InChI=1S/C6H5FOS/c7-6-2-1-5(9-6)3-4-8/h1-2,4H,3H2. The van der Waals surface area contributed by atoms with Crippen molar-refractivity contribution in [1.82, 2.24) is 0 Å². The molecule has 0 unspecified atom stereocenters. The summed E-state index contributed by atoms with van der Waals surface area (Å²) in [6.07, 6.45) is 1.10. The van der Waals surface area contributed by atoms with Gasteiger partial charge in [0.1, 0.15) is 6.29 Å². The highest BCUT2D eigenvalue weighted by atomic mass is 32.1. The van der Waals surface area contributed by atoms with Gasteiger partial charge in [-0.3, -0.25) is 0 Å². The quantitative estimate of drug-likeness (QED) is 0.576. The molecule has 0 saturated carbocycles. The number of carbonyl (C=O) groups excluding carboxylic acids is 1. The molecule has 0 aliphatic rings. The van der Waals surface area contributed by atoms with Gasteiger partial charge in [-0.05, 0) is 12.1 Å². The minimum Gasteiger partial charge on any atom is -0.303 e. The van der Waals surface area contributed by atoms with Gasteiger partial charge in [-0.2, -0.15) is 4.39 Å². The highest BCUT2D eigenvalue weighted by Crippen LogP contribution is 2.13. The summed E-state index contributed by atoms with van der Waals surface area (Å²) >= 11 is 1.01. The molecule has 1 aromatic rings. The van der Waals surface area contributed by atoms with Crippen LogP contribution < -0.4 is 0 Å². The Kier molecular flexibility index (Phi) is 1.95. The first kappa shape index (κ1) is 6.42. The highest BCUT2D eigenvalue weighted by molar-refractivity contribution is 7.10. The number of halogens is 1. The molecule has 1 aromatic heterocycles. The minimum absolute atomic E-state index is 0.230. The summed E-state index contributed by atoms with van der Waals surface area (Å²) in [6.45, 7) is 0. The number of rotatable bonds is 2. The normalized spacial score (nSPS) is 9.44. The lowest BCUT2D eigenvalue weighted by Gasteiger charge is -1.78. The fraction of sp³-hybridized carbons (Fsp3) is 0.167. The van der Waals surface area contributed by atoms with Gasteiger partial charge < -0.3 is 4.79 Å². The van der Waals surface area contributed by atoms with Gasteiger partial charge in [-0.15, -0.1) is 11.3 Å². The molecule has 48 valence electrons. The lowest BCUT2D eigenvalue weighted by atomic mass is 10.4. The molecule has 0 N–H and O–H groups in total. The van der Waals surface area contributed by atoms with Gasteiger partial charge in [0.15, 0.2) is 5.13 Å². The van der Waals surface area contributed by atoms with Crippen molar-refractivity contribution in [2.24, 2.45) is 0 Å². The molecule has 0 atom stereocenters. The highest BCUT2D eigenvalue weighted by Gasteiger charge is 1.95. The van der Waals surface area contributed by atoms with E-state index in [4.69, 9.17) is 0 Å². The van der Waals surface area contributed by atoms with Crippen LogP contribution in [-0.2, 0) is 11.2 Å². The second kappa shape index (κ2) is 2.73. The van der Waals surface area contributed by atoms with Crippen LogP contribution in [0.2, 0.25) is 0 Å². The Hall–Kier alpha value is -0.700. The van der Waals surface area contributed by atoms with Gasteiger partial charge in [0, 0.05) is 11.3 Å². The molecule has 0 amide bonds. The maximum atomic E-state index is 12.2. The molecular formula is C6H5FOS. The lowest BCUT2D eigenvalue weighted by molar-refractivity contribution is -0.107. The summed E-state index contributed by atoms with van der Waals surface area (Å²) in [7, 11) is 0. The third kappa shape index (κ3) is 1.61. The summed E-state index contributed by atoms with van der Waals surface area (Å²) in [5.41, 5.74) is 0. The fourth-order valence-corrected chi connectivity index (χ4v) is 1.22. The van der Waals surface area contributed by atoms with Crippen molar-refractivity contribution in [2.75, 3.05) is 0 Å². The van der Waals surface area contributed by atoms with Crippen LogP contribution in [0.5, 0.6) is 0 Å². The van der Waals surface area contributed by atoms with Gasteiger partial charge in [0.25, 0.3) is 0 Å². The van der Waals surface area contributed by atoms with Crippen LogP contribution in [0, 0.1) is 5.13 Å². The van der Waals surface area contributed by atoms with E-state index in [1.807, 2.05) is 0 Å². The van der Waals surface area contributed by atoms with Crippen molar-refractivity contribution in [3.05, 3.63) is 22.1 Å². The van der Waals surface area contributed by atoms with E-state index in [0.29, 0.717) is 6.42 Å². The van der Waals surface area contributed by atoms with E-state index in [0.717, 1.165) is 22.5 Å². The van der Waals surface area contributed by atoms with Gasteiger partial charge in [-0.25, -0.2) is 0 Å². The largest absolute Gasteiger partial charge is 0.303 e. The molecule has 3 heteroatoms. The van der Waals surface area contributed by atoms with E-state index in [1.165, 1.54) is 6.07 Å². The third-order valence-electron chi connectivity index (χ3n) is 0.913. The summed E-state index contributed by atoms with van der Waals surface area (Å²) < 4.78 is 12.2. The number of hydrogen-bond donors (Lipinski definition) is 0. The molecule has 1 nitrogen and oxygen atoms in total. The zero-order valence-corrected chi connectivity index (χ0v) is 5.45. The summed E-state index contributed by atoms with van der Waals surface area (Å²) in [4.78, 5) is 10.6. The van der Waals surface area contributed by atoms with Crippen molar-refractivity contribution < 1.29 is 9.18 Å². The van der Waals surface area contributed by atoms with Gasteiger partial charge in [0.2, 0.25) is 0 Å². The molecule has 0 fully saturated rings. The molecule has 9 heavy (non-hydrogen) atoms. The number of thiophene rings is 1. The average molecular weight is 144 g/mol. The first-order valence-electron chi connectivity index (χ1n) is 2.51. The van der Waals surface area contributed by atoms with Crippen LogP contribution in [0.1, 0.15) is 4.88 Å². The number of carbonyl (C=O) groups is 1. The summed E-state index contributed by atoms with van der Waals surface area (Å²) in [5, 5.41) is -0.230. The van der Waals surface area contributed by atoms with Crippen LogP contribution in [0.25, 0.3) is 0 Å². The van der Waals surface area contributed by atoms with Crippen LogP contribution >= 0.6 is 11.3 Å². The molecule has 1 heterocycles. The average Bonchev–Trinajstić information content (AvgIpc) is 2.17. The third-order valence-corrected chi connectivity index (χ3v) is 1.81. The van der Waals surface area contributed by atoms with E-state index >= 15 is 0 Å². The maximum absolute atomic E-state index is 12.2. The van der Waals surface area contributed by atoms with Crippen molar-refractivity contribution >= 4 is 17.6 Å². The monoisotopic (exact) mass is 144 g/mol. The van der Waals surface area contributed by atoms with Crippen molar-refractivity contribution in [3.63, 3.8) is 0 Å². The van der Waals surface area contributed by atoms with Crippen LogP contribution in [0.3, 0.4) is 0 Å². The van der Waals surface area contributed by atoms with E-state index in [9.17, 15) is 9.18 Å². The Labute approximate surface area is 56.1 Å². The second-order valence-electron chi connectivity index (χ2n) is 1.58. The summed E-state index contributed by atoms with van der Waals surface area (Å²) in [6, 6.07) is 2.98. The maximum Gasteiger partial charge on any atom is 0.176 e. The van der Waals surface area contributed by atoms with E-state index < -0.39 is 0 Å².